The number of phenolic OH excluding ortho intramolecular Hbond substituents is 1. The van der Waals surface area contributed by atoms with E-state index in [0.29, 0.717) is 6.61 Å². The zero-order valence-electron chi connectivity index (χ0n) is 11.2. The Hall–Kier alpha value is -2.56. The van der Waals surface area contributed by atoms with E-state index in [9.17, 15) is 5.11 Å². The minimum Gasteiger partial charge on any atom is -0.508 e. The third kappa shape index (κ3) is 2.42. The Balaban J connectivity index is 1.80. The third-order valence-electron chi connectivity index (χ3n) is 3.16. The Bertz CT molecular complexity index is 737. The fourth-order valence-electron chi connectivity index (χ4n) is 2.11. The Morgan fingerprint density at radius 1 is 1.15 bits per heavy atom. The van der Waals surface area contributed by atoms with Crippen LogP contribution in [-0.2, 0) is 13.2 Å². The summed E-state index contributed by atoms with van der Waals surface area (Å²) >= 11 is 0. The maximum atomic E-state index is 9.51. The van der Waals surface area contributed by atoms with Gasteiger partial charge in [-0.1, -0.05) is 12.1 Å². The Morgan fingerprint density at radius 3 is 2.85 bits per heavy atom. The predicted molar refractivity (Wildman–Crippen MR) is 75.6 cm³/mol. The molecule has 5 nitrogen and oxygen atoms in total. The van der Waals surface area contributed by atoms with Crippen molar-refractivity contribution in [3.8, 4) is 11.5 Å². The van der Waals surface area contributed by atoms with Crippen LogP contribution >= 0.6 is 0 Å². The summed E-state index contributed by atoms with van der Waals surface area (Å²) in [4.78, 5) is 4.17. The molecule has 3 rings (SSSR count). The second kappa shape index (κ2) is 5.21. The number of benzene rings is 2. The lowest BCUT2D eigenvalue weighted by Crippen LogP contribution is -2.07. The van der Waals surface area contributed by atoms with E-state index in [4.69, 9.17) is 4.74 Å². The summed E-state index contributed by atoms with van der Waals surface area (Å²) in [5.41, 5.74) is 0. The molecule has 0 radical (unpaired) electrons. The Morgan fingerprint density at radius 2 is 2.00 bits per heavy atom. The first kappa shape index (κ1) is 12.5. The molecule has 102 valence electrons. The van der Waals surface area contributed by atoms with E-state index < -0.39 is 0 Å². The van der Waals surface area contributed by atoms with Gasteiger partial charge in [0.25, 0.3) is 0 Å². The fraction of sp³-hybridized carbons (Fsp3) is 0.200. The van der Waals surface area contributed by atoms with Crippen LogP contribution in [0.25, 0.3) is 10.8 Å². The summed E-state index contributed by atoms with van der Waals surface area (Å²) < 4.78 is 7.53. The molecule has 5 heteroatoms. The number of ether oxygens (including phenoxy) is 1. The fourth-order valence-corrected chi connectivity index (χ4v) is 2.11. The molecule has 20 heavy (non-hydrogen) atoms. The number of rotatable bonds is 4. The SMILES string of the molecule is CCn1ncnc1COc1ccc2ccc(O)cc2c1. The van der Waals surface area contributed by atoms with Gasteiger partial charge in [0, 0.05) is 6.54 Å². The molecule has 0 atom stereocenters. The van der Waals surface area contributed by atoms with Gasteiger partial charge in [-0.2, -0.15) is 5.10 Å². The van der Waals surface area contributed by atoms with Crippen molar-refractivity contribution in [2.24, 2.45) is 0 Å². The lowest BCUT2D eigenvalue weighted by atomic mass is 10.1. The van der Waals surface area contributed by atoms with Crippen LogP contribution < -0.4 is 4.74 Å². The first-order valence-corrected chi connectivity index (χ1v) is 6.48. The monoisotopic (exact) mass is 269 g/mol. The minimum atomic E-state index is 0.250. The number of hydrogen-bond donors (Lipinski definition) is 1. The third-order valence-corrected chi connectivity index (χ3v) is 3.16. The number of aromatic nitrogens is 3. The lowest BCUT2D eigenvalue weighted by Gasteiger charge is -2.08. The summed E-state index contributed by atoms with van der Waals surface area (Å²) in [7, 11) is 0. The van der Waals surface area contributed by atoms with E-state index in [1.165, 1.54) is 6.33 Å². The van der Waals surface area contributed by atoms with Gasteiger partial charge < -0.3 is 9.84 Å². The van der Waals surface area contributed by atoms with Gasteiger partial charge in [0.05, 0.1) is 0 Å². The molecular weight excluding hydrogens is 254 g/mol. The highest BCUT2D eigenvalue weighted by atomic mass is 16.5. The second-order valence-corrected chi connectivity index (χ2v) is 4.47. The molecule has 2 aromatic carbocycles. The highest BCUT2D eigenvalue weighted by Gasteiger charge is 2.04. The molecule has 0 spiro atoms. The average molecular weight is 269 g/mol. The number of hydrogen-bond acceptors (Lipinski definition) is 4. The first-order chi connectivity index (χ1) is 9.76. The van der Waals surface area contributed by atoms with Crippen molar-refractivity contribution in [2.45, 2.75) is 20.1 Å². The van der Waals surface area contributed by atoms with Crippen LogP contribution in [0.4, 0.5) is 0 Å². The average Bonchev–Trinajstić information content (AvgIpc) is 2.92. The maximum absolute atomic E-state index is 9.51. The topological polar surface area (TPSA) is 60.2 Å². The number of fused-ring (bicyclic) bond motifs is 1. The van der Waals surface area contributed by atoms with E-state index in [-0.39, 0.29) is 5.75 Å². The van der Waals surface area contributed by atoms with Crippen LogP contribution in [0.5, 0.6) is 11.5 Å². The van der Waals surface area contributed by atoms with Crippen molar-refractivity contribution in [1.82, 2.24) is 14.8 Å². The van der Waals surface area contributed by atoms with Crippen LogP contribution in [-0.4, -0.2) is 19.9 Å². The summed E-state index contributed by atoms with van der Waals surface area (Å²) in [5, 5.41) is 15.6. The van der Waals surface area contributed by atoms with Gasteiger partial charge in [0.1, 0.15) is 24.4 Å². The van der Waals surface area contributed by atoms with Gasteiger partial charge in [-0.3, -0.25) is 0 Å². The van der Waals surface area contributed by atoms with Gasteiger partial charge in [0.2, 0.25) is 0 Å². The second-order valence-electron chi connectivity index (χ2n) is 4.47. The molecule has 0 fully saturated rings. The summed E-state index contributed by atoms with van der Waals surface area (Å²) in [5.74, 6) is 1.79. The van der Waals surface area contributed by atoms with Crippen molar-refractivity contribution in [1.29, 1.82) is 0 Å². The molecule has 1 heterocycles. The van der Waals surface area contributed by atoms with Crippen molar-refractivity contribution in [3.05, 3.63) is 48.5 Å². The highest BCUT2D eigenvalue weighted by Crippen LogP contribution is 2.24. The zero-order chi connectivity index (χ0) is 13.9. The lowest BCUT2D eigenvalue weighted by molar-refractivity contribution is 0.287. The van der Waals surface area contributed by atoms with Gasteiger partial charge >= 0.3 is 0 Å². The maximum Gasteiger partial charge on any atom is 0.164 e. The molecule has 0 saturated carbocycles. The number of phenols is 1. The summed E-state index contributed by atoms with van der Waals surface area (Å²) in [6.07, 6.45) is 1.53. The molecule has 0 amide bonds. The first-order valence-electron chi connectivity index (χ1n) is 6.48. The van der Waals surface area contributed by atoms with Crippen LogP contribution in [0.3, 0.4) is 0 Å². The van der Waals surface area contributed by atoms with E-state index in [1.54, 1.807) is 16.8 Å². The van der Waals surface area contributed by atoms with Crippen molar-refractivity contribution >= 4 is 10.8 Å². The molecule has 0 aliphatic rings. The van der Waals surface area contributed by atoms with Crippen molar-refractivity contribution < 1.29 is 9.84 Å². The largest absolute Gasteiger partial charge is 0.508 e. The molecule has 0 bridgehead atoms. The van der Waals surface area contributed by atoms with Crippen molar-refractivity contribution in [2.75, 3.05) is 0 Å². The van der Waals surface area contributed by atoms with E-state index in [1.807, 2.05) is 31.2 Å². The van der Waals surface area contributed by atoms with Crippen LogP contribution in [0.15, 0.2) is 42.7 Å². The highest BCUT2D eigenvalue weighted by molar-refractivity contribution is 5.85. The standard InChI is InChI=1S/C15H15N3O2/c1-2-18-15(16-10-17-18)9-20-14-6-4-11-3-5-13(19)7-12(11)8-14/h3-8,10,19H,2,9H2,1H3. The number of aryl methyl sites for hydroxylation is 1. The molecule has 0 unspecified atom stereocenters. The van der Waals surface area contributed by atoms with Gasteiger partial charge in [-0.15, -0.1) is 0 Å². The molecule has 1 N–H and O–H groups in total. The summed E-state index contributed by atoms with van der Waals surface area (Å²) in [6.45, 7) is 3.15. The molecule has 3 aromatic rings. The van der Waals surface area contributed by atoms with Gasteiger partial charge in [-0.05, 0) is 42.0 Å². The quantitative estimate of drug-likeness (QED) is 0.791. The zero-order valence-corrected chi connectivity index (χ0v) is 11.2. The molecule has 0 saturated heterocycles. The van der Waals surface area contributed by atoms with Crippen molar-refractivity contribution in [3.63, 3.8) is 0 Å². The van der Waals surface area contributed by atoms with Crippen LogP contribution in [0.1, 0.15) is 12.7 Å². The van der Waals surface area contributed by atoms with Crippen LogP contribution in [0.2, 0.25) is 0 Å². The smallest absolute Gasteiger partial charge is 0.164 e. The molecule has 0 aliphatic carbocycles. The van der Waals surface area contributed by atoms with Gasteiger partial charge in [0.15, 0.2) is 5.82 Å². The summed E-state index contributed by atoms with van der Waals surface area (Å²) in [6, 6.07) is 11.0. The number of aromatic hydroxyl groups is 1. The van der Waals surface area contributed by atoms with E-state index in [2.05, 4.69) is 10.1 Å². The Kier molecular flexibility index (Phi) is 3.25. The molecule has 0 aliphatic heterocycles. The Labute approximate surface area is 116 Å². The van der Waals surface area contributed by atoms with E-state index in [0.717, 1.165) is 28.9 Å². The molecule has 1 aromatic heterocycles. The van der Waals surface area contributed by atoms with Gasteiger partial charge in [-0.25, -0.2) is 9.67 Å². The number of nitrogens with zero attached hydrogens (tertiary/aromatic N) is 3. The van der Waals surface area contributed by atoms with Crippen LogP contribution in [0, 0.1) is 0 Å². The molecular formula is C15H15N3O2. The van der Waals surface area contributed by atoms with E-state index >= 15 is 0 Å². The minimum absolute atomic E-state index is 0.250. The predicted octanol–water partition coefficient (Wildman–Crippen LogP) is 2.74. The normalized spacial score (nSPS) is 10.8.